The highest BCUT2D eigenvalue weighted by Gasteiger charge is 2.12. The van der Waals surface area contributed by atoms with E-state index in [1.807, 2.05) is 11.3 Å². The molecule has 92 valence electrons. The van der Waals surface area contributed by atoms with Crippen LogP contribution in [0, 0.1) is 5.92 Å². The van der Waals surface area contributed by atoms with Gasteiger partial charge in [0.15, 0.2) is 0 Å². The maximum absolute atomic E-state index is 5.29. The van der Waals surface area contributed by atoms with Crippen molar-refractivity contribution in [3.05, 3.63) is 22.4 Å². The van der Waals surface area contributed by atoms with Gasteiger partial charge in [0, 0.05) is 18.0 Å². The van der Waals surface area contributed by atoms with Crippen molar-refractivity contribution in [1.29, 1.82) is 0 Å². The molecule has 1 rings (SSSR count). The lowest BCUT2D eigenvalue weighted by Crippen LogP contribution is -2.39. The van der Waals surface area contributed by atoms with Crippen molar-refractivity contribution in [2.45, 2.75) is 39.3 Å². The Labute approximate surface area is 103 Å². The predicted molar refractivity (Wildman–Crippen MR) is 71.1 cm³/mol. The van der Waals surface area contributed by atoms with Crippen LogP contribution in [0.2, 0.25) is 0 Å². The molecule has 1 aromatic heterocycles. The van der Waals surface area contributed by atoms with E-state index >= 15 is 0 Å². The van der Waals surface area contributed by atoms with Gasteiger partial charge >= 0.3 is 0 Å². The fourth-order valence-electron chi connectivity index (χ4n) is 1.60. The molecule has 2 nitrogen and oxygen atoms in total. The highest BCUT2D eigenvalue weighted by atomic mass is 32.1. The van der Waals surface area contributed by atoms with Crippen molar-refractivity contribution >= 4 is 11.3 Å². The summed E-state index contributed by atoms with van der Waals surface area (Å²) in [6.07, 6.45) is 1.44. The van der Waals surface area contributed by atoms with Crippen molar-refractivity contribution in [2.75, 3.05) is 13.7 Å². The third-order valence-electron chi connectivity index (χ3n) is 2.99. The molecule has 0 spiro atoms. The summed E-state index contributed by atoms with van der Waals surface area (Å²) >= 11 is 1.84. The second-order valence-electron chi connectivity index (χ2n) is 4.53. The Morgan fingerprint density at radius 2 is 2.12 bits per heavy atom. The first kappa shape index (κ1) is 13.7. The summed E-state index contributed by atoms with van der Waals surface area (Å²) in [6, 6.07) is 4.74. The first-order valence-electron chi connectivity index (χ1n) is 5.92. The van der Waals surface area contributed by atoms with Crippen LogP contribution >= 0.6 is 11.3 Å². The van der Waals surface area contributed by atoms with Crippen LogP contribution in [-0.4, -0.2) is 25.8 Å². The predicted octanol–water partition coefficient (Wildman–Crippen LogP) is 2.94. The van der Waals surface area contributed by atoms with Crippen LogP contribution in [0.3, 0.4) is 0 Å². The minimum absolute atomic E-state index is 0.272. The number of hydrogen-bond acceptors (Lipinski definition) is 3. The van der Waals surface area contributed by atoms with Gasteiger partial charge in [-0.05, 0) is 44.2 Å². The summed E-state index contributed by atoms with van der Waals surface area (Å²) in [5, 5.41) is 5.67. The van der Waals surface area contributed by atoms with E-state index < -0.39 is 0 Å². The first-order chi connectivity index (χ1) is 7.63. The SMILES string of the molecule is COC(C)C(C)NCC(C)Cc1cccs1. The molecule has 3 atom stereocenters. The third kappa shape index (κ3) is 4.64. The molecular weight excluding hydrogens is 218 g/mol. The fourth-order valence-corrected chi connectivity index (χ4v) is 2.47. The molecule has 0 amide bonds. The van der Waals surface area contributed by atoms with Gasteiger partial charge in [-0.15, -0.1) is 11.3 Å². The third-order valence-corrected chi connectivity index (χ3v) is 3.89. The van der Waals surface area contributed by atoms with E-state index in [1.165, 1.54) is 11.3 Å². The van der Waals surface area contributed by atoms with Crippen molar-refractivity contribution in [2.24, 2.45) is 5.92 Å². The number of thiophene rings is 1. The van der Waals surface area contributed by atoms with E-state index in [1.54, 1.807) is 7.11 Å². The minimum Gasteiger partial charge on any atom is -0.380 e. The van der Waals surface area contributed by atoms with E-state index in [0.717, 1.165) is 6.54 Å². The highest BCUT2D eigenvalue weighted by molar-refractivity contribution is 7.09. The molecule has 0 fully saturated rings. The average Bonchev–Trinajstić information content (AvgIpc) is 2.77. The first-order valence-corrected chi connectivity index (χ1v) is 6.80. The second-order valence-corrected chi connectivity index (χ2v) is 5.56. The fraction of sp³-hybridized carbons (Fsp3) is 0.692. The van der Waals surface area contributed by atoms with Gasteiger partial charge in [-0.25, -0.2) is 0 Å². The van der Waals surface area contributed by atoms with E-state index in [9.17, 15) is 0 Å². The standard InChI is InChI=1S/C13H23NOS/c1-10(8-13-6-5-7-16-13)9-14-11(2)12(3)15-4/h5-7,10-12,14H,8-9H2,1-4H3. The second kappa shape index (κ2) is 7.05. The van der Waals surface area contributed by atoms with Gasteiger partial charge in [0.05, 0.1) is 6.10 Å². The molecule has 0 aliphatic rings. The number of ether oxygens (including phenoxy) is 1. The van der Waals surface area contributed by atoms with Crippen molar-refractivity contribution in [3.63, 3.8) is 0 Å². The van der Waals surface area contributed by atoms with Gasteiger partial charge in [-0.2, -0.15) is 0 Å². The summed E-state index contributed by atoms with van der Waals surface area (Å²) in [7, 11) is 1.76. The molecule has 1 heterocycles. The lowest BCUT2D eigenvalue weighted by atomic mass is 10.1. The zero-order valence-corrected chi connectivity index (χ0v) is 11.5. The number of methoxy groups -OCH3 is 1. The Balaban J connectivity index is 2.22. The molecule has 0 saturated carbocycles. The molecule has 0 saturated heterocycles. The Kier molecular flexibility index (Phi) is 6.03. The maximum Gasteiger partial charge on any atom is 0.0693 e. The molecule has 1 aromatic rings. The summed E-state index contributed by atoms with van der Waals surface area (Å²) in [6.45, 7) is 7.61. The highest BCUT2D eigenvalue weighted by Crippen LogP contribution is 2.14. The van der Waals surface area contributed by atoms with Crippen molar-refractivity contribution < 1.29 is 4.74 Å². The molecule has 3 heteroatoms. The number of hydrogen-bond donors (Lipinski definition) is 1. The lowest BCUT2D eigenvalue weighted by molar-refractivity contribution is 0.0875. The van der Waals surface area contributed by atoms with Crippen molar-refractivity contribution in [1.82, 2.24) is 5.32 Å². The number of nitrogens with one attached hydrogen (secondary N) is 1. The zero-order chi connectivity index (χ0) is 12.0. The molecule has 3 unspecified atom stereocenters. The molecule has 1 N–H and O–H groups in total. The van der Waals surface area contributed by atoms with E-state index in [0.29, 0.717) is 12.0 Å². The molecule has 0 bridgehead atoms. The van der Waals surface area contributed by atoms with Gasteiger partial charge in [-0.3, -0.25) is 0 Å². The Bertz CT molecular complexity index is 273. The van der Waals surface area contributed by atoms with Crippen LogP contribution in [0.25, 0.3) is 0 Å². The molecular formula is C13H23NOS. The molecule has 0 aromatic carbocycles. The topological polar surface area (TPSA) is 21.3 Å². The molecule has 16 heavy (non-hydrogen) atoms. The Hall–Kier alpha value is -0.380. The largest absolute Gasteiger partial charge is 0.380 e. The molecule has 0 aliphatic carbocycles. The van der Waals surface area contributed by atoms with Crippen LogP contribution in [0.5, 0.6) is 0 Å². The Morgan fingerprint density at radius 1 is 1.38 bits per heavy atom. The quantitative estimate of drug-likeness (QED) is 0.792. The van der Waals surface area contributed by atoms with Gasteiger partial charge < -0.3 is 10.1 Å². The lowest BCUT2D eigenvalue weighted by Gasteiger charge is -2.22. The molecule has 0 radical (unpaired) electrons. The van der Waals surface area contributed by atoms with E-state index in [2.05, 4.69) is 43.6 Å². The van der Waals surface area contributed by atoms with Gasteiger partial charge in [0.1, 0.15) is 0 Å². The monoisotopic (exact) mass is 241 g/mol. The summed E-state index contributed by atoms with van der Waals surface area (Å²) in [5.41, 5.74) is 0. The van der Waals surface area contributed by atoms with Gasteiger partial charge in [0.2, 0.25) is 0 Å². The summed E-state index contributed by atoms with van der Waals surface area (Å²) in [4.78, 5) is 1.47. The van der Waals surface area contributed by atoms with Gasteiger partial charge in [0.25, 0.3) is 0 Å². The van der Waals surface area contributed by atoms with Gasteiger partial charge in [-0.1, -0.05) is 13.0 Å². The normalized spacial score (nSPS) is 17.0. The van der Waals surface area contributed by atoms with Crippen LogP contribution in [0.1, 0.15) is 25.6 Å². The van der Waals surface area contributed by atoms with Crippen LogP contribution in [0.15, 0.2) is 17.5 Å². The van der Waals surface area contributed by atoms with Crippen molar-refractivity contribution in [3.8, 4) is 0 Å². The summed E-state index contributed by atoms with van der Waals surface area (Å²) < 4.78 is 5.29. The smallest absolute Gasteiger partial charge is 0.0693 e. The average molecular weight is 241 g/mol. The maximum atomic E-state index is 5.29. The minimum atomic E-state index is 0.272. The van der Waals surface area contributed by atoms with Crippen LogP contribution < -0.4 is 5.32 Å². The Morgan fingerprint density at radius 3 is 2.69 bits per heavy atom. The zero-order valence-electron chi connectivity index (χ0n) is 10.7. The number of rotatable bonds is 7. The van der Waals surface area contributed by atoms with E-state index in [-0.39, 0.29) is 6.10 Å². The molecule has 0 aliphatic heterocycles. The van der Waals surface area contributed by atoms with Crippen LogP contribution in [0.4, 0.5) is 0 Å². The summed E-state index contributed by atoms with van der Waals surface area (Å²) in [5.74, 6) is 0.671. The van der Waals surface area contributed by atoms with Crippen LogP contribution in [-0.2, 0) is 11.2 Å². The van der Waals surface area contributed by atoms with E-state index in [4.69, 9.17) is 4.74 Å².